The predicted octanol–water partition coefficient (Wildman–Crippen LogP) is 2.04. The normalized spacial score (nSPS) is 9.88. The minimum Gasteiger partial charge on any atom is -0.464 e. The first-order valence-corrected chi connectivity index (χ1v) is 8.18. The van der Waals surface area contributed by atoms with Crippen molar-refractivity contribution >= 4 is 34.8 Å². The van der Waals surface area contributed by atoms with Gasteiger partial charge in [0.05, 0.1) is 17.7 Å². The van der Waals surface area contributed by atoms with Crippen LogP contribution in [0.25, 0.3) is 10.4 Å². The first-order chi connectivity index (χ1) is 12.3. The lowest BCUT2D eigenvalue weighted by Gasteiger charge is -2.09. The molecule has 2 aromatic rings. The number of esters is 1. The molecule has 0 aliphatic rings. The van der Waals surface area contributed by atoms with Crippen LogP contribution >= 0.6 is 11.3 Å². The van der Waals surface area contributed by atoms with Crippen molar-refractivity contribution in [3.05, 3.63) is 65.8 Å². The maximum atomic E-state index is 12.3. The number of benzene rings is 1. The van der Waals surface area contributed by atoms with Gasteiger partial charge in [-0.1, -0.05) is 25.3 Å². The van der Waals surface area contributed by atoms with Gasteiger partial charge in [-0.3, -0.25) is 9.59 Å². The highest BCUT2D eigenvalue weighted by Gasteiger charge is 2.17. The molecular formula is C18H17N3O4S. The zero-order chi connectivity index (χ0) is 19.3. The van der Waals surface area contributed by atoms with E-state index in [9.17, 15) is 14.4 Å². The number of nitrogens with one attached hydrogen (secondary N) is 2. The smallest absolute Gasteiger partial charge is 0.353 e. The lowest BCUT2D eigenvalue weighted by molar-refractivity contribution is -0.137. The predicted molar refractivity (Wildman–Crippen MR) is 100 cm³/mol. The first kappa shape index (κ1) is 18.9. The Bertz CT molecular complexity index is 884. The quantitative estimate of drug-likeness (QED) is 0.409. The zero-order valence-electron chi connectivity index (χ0n) is 14.0. The van der Waals surface area contributed by atoms with Gasteiger partial charge in [-0.15, -0.1) is 11.3 Å². The maximum absolute atomic E-state index is 12.3. The van der Waals surface area contributed by atoms with Crippen molar-refractivity contribution in [1.82, 2.24) is 10.6 Å². The van der Waals surface area contributed by atoms with Crippen LogP contribution < -0.4 is 16.4 Å². The highest BCUT2D eigenvalue weighted by molar-refractivity contribution is 7.17. The van der Waals surface area contributed by atoms with E-state index in [0.717, 1.165) is 17.6 Å². The molecule has 0 bridgehead atoms. The maximum Gasteiger partial charge on any atom is 0.353 e. The number of rotatable bonds is 6. The zero-order valence-corrected chi connectivity index (χ0v) is 14.8. The molecule has 4 N–H and O–H groups in total. The van der Waals surface area contributed by atoms with E-state index in [2.05, 4.69) is 28.5 Å². The van der Waals surface area contributed by atoms with Gasteiger partial charge in [0, 0.05) is 10.6 Å². The highest BCUT2D eigenvalue weighted by Crippen LogP contribution is 2.28. The van der Waals surface area contributed by atoms with Gasteiger partial charge >= 0.3 is 5.97 Å². The van der Waals surface area contributed by atoms with Crippen molar-refractivity contribution in [2.45, 2.75) is 0 Å². The van der Waals surface area contributed by atoms with E-state index >= 15 is 0 Å². The summed E-state index contributed by atoms with van der Waals surface area (Å²) in [5, 5.41) is 4.58. The fourth-order valence-electron chi connectivity index (χ4n) is 1.90. The fraction of sp³-hybridized carbons (Fsp3) is 0.0556. The Morgan fingerprint density at radius 3 is 2.27 bits per heavy atom. The molecule has 0 unspecified atom stereocenters. The van der Waals surface area contributed by atoms with E-state index in [1.165, 1.54) is 11.3 Å². The van der Waals surface area contributed by atoms with Crippen LogP contribution in [0.2, 0.25) is 0 Å². The molecule has 0 saturated carbocycles. The summed E-state index contributed by atoms with van der Waals surface area (Å²) in [5.41, 5.74) is 6.76. The third kappa shape index (κ3) is 4.58. The summed E-state index contributed by atoms with van der Waals surface area (Å²) < 4.78 is 4.42. The van der Waals surface area contributed by atoms with E-state index in [-0.39, 0.29) is 11.4 Å². The summed E-state index contributed by atoms with van der Waals surface area (Å²) >= 11 is 1.26. The van der Waals surface area contributed by atoms with Crippen LogP contribution in [-0.4, -0.2) is 24.9 Å². The van der Waals surface area contributed by atoms with Crippen molar-refractivity contribution in [3.63, 3.8) is 0 Å². The second-order valence-corrected chi connectivity index (χ2v) is 6.23. The van der Waals surface area contributed by atoms with E-state index < -0.39 is 17.8 Å². The molecule has 0 aliphatic carbocycles. The lowest BCUT2D eigenvalue weighted by Crippen LogP contribution is -2.35. The molecule has 1 heterocycles. The topological polar surface area (TPSA) is 111 Å². The number of ether oxygens (including phenoxy) is 1. The van der Waals surface area contributed by atoms with Crippen molar-refractivity contribution in [2.24, 2.45) is 0 Å². The number of anilines is 1. The number of carbonyl (C=O) groups is 3. The Balaban J connectivity index is 2.00. The first-order valence-electron chi connectivity index (χ1n) is 7.36. The molecule has 0 saturated heterocycles. The number of nitrogen functional groups attached to an aromatic ring is 1. The monoisotopic (exact) mass is 371 g/mol. The molecule has 2 rings (SSSR count). The van der Waals surface area contributed by atoms with Crippen LogP contribution in [0.1, 0.15) is 9.67 Å². The van der Waals surface area contributed by atoms with Crippen molar-refractivity contribution in [3.8, 4) is 10.4 Å². The Morgan fingerprint density at radius 1 is 1.00 bits per heavy atom. The summed E-state index contributed by atoms with van der Waals surface area (Å²) in [6.45, 7) is 6.85. The van der Waals surface area contributed by atoms with E-state index in [0.29, 0.717) is 10.6 Å². The third-order valence-electron chi connectivity index (χ3n) is 3.26. The number of nitrogens with two attached hydrogens (primary N) is 1. The van der Waals surface area contributed by atoms with Crippen molar-refractivity contribution < 1.29 is 19.1 Å². The Labute approximate surface area is 154 Å². The summed E-state index contributed by atoms with van der Waals surface area (Å²) in [4.78, 5) is 36.6. The minimum absolute atomic E-state index is 0.220. The number of hydrogen-bond acceptors (Lipinski definition) is 6. The Kier molecular flexibility index (Phi) is 5.92. The summed E-state index contributed by atoms with van der Waals surface area (Å²) in [7, 11) is 1.16. The van der Waals surface area contributed by atoms with Crippen LogP contribution in [0.15, 0.2) is 61.0 Å². The molecule has 0 fully saturated rings. The van der Waals surface area contributed by atoms with Gasteiger partial charge in [0.1, 0.15) is 5.70 Å². The molecule has 134 valence electrons. The SMILES string of the molecule is C=C(NC(=O)c1ccc(-c2ccc(N)cc2)s1)C(=O)NC(=C)C(=O)OC. The number of methoxy groups -OCH3 is 1. The number of amides is 2. The van der Waals surface area contributed by atoms with Crippen molar-refractivity contribution in [1.29, 1.82) is 0 Å². The van der Waals surface area contributed by atoms with E-state index in [1.54, 1.807) is 24.3 Å². The third-order valence-corrected chi connectivity index (χ3v) is 4.39. The van der Waals surface area contributed by atoms with Gasteiger partial charge in [-0.25, -0.2) is 4.79 Å². The van der Waals surface area contributed by atoms with Gasteiger partial charge in [-0.05, 0) is 29.8 Å². The molecule has 8 heteroatoms. The van der Waals surface area contributed by atoms with Gasteiger partial charge in [0.2, 0.25) is 0 Å². The lowest BCUT2D eigenvalue weighted by atomic mass is 10.2. The second kappa shape index (κ2) is 8.13. The Hall–Kier alpha value is -3.39. The molecule has 0 radical (unpaired) electrons. The average Bonchev–Trinajstić information content (AvgIpc) is 3.11. The van der Waals surface area contributed by atoms with Crippen LogP contribution in [-0.2, 0) is 14.3 Å². The molecule has 1 aromatic heterocycles. The second-order valence-electron chi connectivity index (χ2n) is 5.14. The molecule has 1 aromatic carbocycles. The molecular weight excluding hydrogens is 354 g/mol. The number of thiophene rings is 1. The molecule has 0 atom stereocenters. The molecule has 2 amide bonds. The average molecular weight is 371 g/mol. The van der Waals surface area contributed by atoms with Crippen LogP contribution in [0.5, 0.6) is 0 Å². The molecule has 7 nitrogen and oxygen atoms in total. The van der Waals surface area contributed by atoms with Crippen LogP contribution in [0.3, 0.4) is 0 Å². The number of carbonyl (C=O) groups excluding carboxylic acids is 3. The van der Waals surface area contributed by atoms with Gasteiger partial charge < -0.3 is 21.1 Å². The molecule has 0 aliphatic heterocycles. The van der Waals surface area contributed by atoms with Gasteiger partial charge in [0.15, 0.2) is 0 Å². The van der Waals surface area contributed by atoms with E-state index in [4.69, 9.17) is 5.73 Å². The van der Waals surface area contributed by atoms with Crippen molar-refractivity contribution in [2.75, 3.05) is 12.8 Å². The van der Waals surface area contributed by atoms with Crippen LogP contribution in [0, 0.1) is 0 Å². The molecule has 0 spiro atoms. The number of hydrogen-bond donors (Lipinski definition) is 3. The minimum atomic E-state index is -0.788. The molecule has 26 heavy (non-hydrogen) atoms. The summed E-state index contributed by atoms with van der Waals surface area (Å²) in [6.07, 6.45) is 0. The largest absolute Gasteiger partial charge is 0.464 e. The highest BCUT2D eigenvalue weighted by atomic mass is 32.1. The Morgan fingerprint density at radius 2 is 1.65 bits per heavy atom. The fourth-order valence-corrected chi connectivity index (χ4v) is 2.81. The van der Waals surface area contributed by atoms with Gasteiger partial charge in [0.25, 0.3) is 11.8 Å². The summed E-state index contributed by atoms with van der Waals surface area (Å²) in [5.74, 6) is -2.03. The standard InChI is InChI=1S/C18H17N3O4S/c1-10(16(22)21-11(2)18(24)25-3)20-17(23)15-9-8-14(26-15)12-4-6-13(19)7-5-12/h4-9H,1-2,19H2,3H3,(H,20,23)(H,21,22). The van der Waals surface area contributed by atoms with E-state index in [1.807, 2.05) is 12.1 Å². The van der Waals surface area contributed by atoms with Gasteiger partial charge in [-0.2, -0.15) is 0 Å². The summed E-state index contributed by atoms with van der Waals surface area (Å²) in [6, 6.07) is 10.7. The van der Waals surface area contributed by atoms with Crippen LogP contribution in [0.4, 0.5) is 5.69 Å².